The number of nitrogens with one attached hydrogen (secondary N) is 1. The first-order valence-corrected chi connectivity index (χ1v) is 7.82. The molecule has 1 atom stereocenters. The van der Waals surface area contributed by atoms with E-state index in [1.165, 1.54) is 6.07 Å². The van der Waals surface area contributed by atoms with Crippen molar-refractivity contribution in [2.75, 3.05) is 5.32 Å². The normalized spacial score (nSPS) is 11.9. The van der Waals surface area contributed by atoms with Crippen molar-refractivity contribution >= 4 is 28.3 Å². The van der Waals surface area contributed by atoms with Gasteiger partial charge in [-0.2, -0.15) is 0 Å². The Balaban J connectivity index is 1.96. The first kappa shape index (κ1) is 16.5. The summed E-state index contributed by atoms with van der Waals surface area (Å²) < 4.78 is 0. The molecule has 0 radical (unpaired) electrons. The average Bonchev–Trinajstić information content (AvgIpc) is 2.60. The topological polar surface area (TPSA) is 86.6 Å². The fourth-order valence-electron chi connectivity index (χ4n) is 2.72. The first-order valence-electron chi connectivity index (χ1n) is 7.82. The number of rotatable bonds is 4. The number of phenols is 1. The van der Waals surface area contributed by atoms with Crippen LogP contribution in [0.3, 0.4) is 0 Å². The summed E-state index contributed by atoms with van der Waals surface area (Å²) in [6, 6.07) is 17.3. The van der Waals surface area contributed by atoms with E-state index in [-0.39, 0.29) is 11.3 Å². The smallest absolute Gasteiger partial charge is 0.310 e. The minimum Gasteiger partial charge on any atom is -0.507 e. The van der Waals surface area contributed by atoms with Gasteiger partial charge >= 0.3 is 5.97 Å². The van der Waals surface area contributed by atoms with Crippen LogP contribution in [0.5, 0.6) is 5.75 Å². The predicted octanol–water partition coefficient (Wildman–Crippen LogP) is 3.99. The molecule has 3 rings (SSSR count). The lowest BCUT2D eigenvalue weighted by molar-refractivity contribution is -0.138. The van der Waals surface area contributed by atoms with E-state index in [9.17, 15) is 19.8 Å². The summed E-state index contributed by atoms with van der Waals surface area (Å²) in [4.78, 5) is 23.9. The molecule has 0 aliphatic carbocycles. The van der Waals surface area contributed by atoms with Gasteiger partial charge in [0.1, 0.15) is 5.75 Å². The van der Waals surface area contributed by atoms with E-state index in [4.69, 9.17) is 0 Å². The molecule has 0 aliphatic rings. The van der Waals surface area contributed by atoms with Gasteiger partial charge in [-0.05, 0) is 41.5 Å². The molecule has 0 fully saturated rings. The number of carbonyl (C=O) groups excluding carboxylic acids is 1. The Kier molecular flexibility index (Phi) is 4.39. The molecule has 0 saturated carbocycles. The first-order chi connectivity index (χ1) is 12.0. The van der Waals surface area contributed by atoms with E-state index < -0.39 is 17.8 Å². The van der Waals surface area contributed by atoms with Crippen LogP contribution in [0.2, 0.25) is 0 Å². The fourth-order valence-corrected chi connectivity index (χ4v) is 2.72. The van der Waals surface area contributed by atoms with Crippen LogP contribution in [0.4, 0.5) is 5.69 Å². The molecule has 3 aromatic carbocycles. The Labute approximate surface area is 144 Å². The number of aromatic hydroxyl groups is 1. The number of phenolic OH excluding ortho intramolecular Hbond substituents is 1. The summed E-state index contributed by atoms with van der Waals surface area (Å²) in [6.07, 6.45) is 0. The number of carboxylic acid groups (broad SMARTS) is 1. The Hall–Kier alpha value is -3.34. The molecule has 25 heavy (non-hydrogen) atoms. The van der Waals surface area contributed by atoms with Crippen molar-refractivity contribution in [1.29, 1.82) is 0 Å². The second-order valence-corrected chi connectivity index (χ2v) is 5.82. The van der Waals surface area contributed by atoms with Gasteiger partial charge in [0, 0.05) is 5.69 Å². The molecule has 5 heteroatoms. The summed E-state index contributed by atoms with van der Waals surface area (Å²) in [5.41, 5.74) is 1.05. The van der Waals surface area contributed by atoms with Gasteiger partial charge in [0.25, 0.3) is 5.91 Å². The molecule has 0 heterocycles. The zero-order valence-corrected chi connectivity index (χ0v) is 13.6. The minimum absolute atomic E-state index is 0.125. The molecule has 1 unspecified atom stereocenters. The standard InChI is InChI=1S/C20H17NO4/c1-12(20(24)25)15-8-4-5-9-17(15)21-19(23)16-10-13-6-2-3-7-14(13)11-18(16)22/h2-12,22H,1H3,(H,21,23)(H,24,25). The number of para-hydroxylation sites is 1. The lowest BCUT2D eigenvalue weighted by Gasteiger charge is -2.14. The number of aliphatic carboxylic acids is 1. The van der Waals surface area contributed by atoms with E-state index >= 15 is 0 Å². The lowest BCUT2D eigenvalue weighted by Crippen LogP contribution is -2.16. The minimum atomic E-state index is -0.977. The second kappa shape index (κ2) is 6.65. The van der Waals surface area contributed by atoms with E-state index in [0.717, 1.165) is 10.8 Å². The molecule has 1 amide bonds. The van der Waals surface area contributed by atoms with Crippen molar-refractivity contribution in [2.45, 2.75) is 12.8 Å². The van der Waals surface area contributed by atoms with Crippen molar-refractivity contribution in [3.63, 3.8) is 0 Å². The molecule has 0 aromatic heterocycles. The number of hydrogen-bond acceptors (Lipinski definition) is 3. The second-order valence-electron chi connectivity index (χ2n) is 5.82. The fraction of sp³-hybridized carbons (Fsp3) is 0.100. The van der Waals surface area contributed by atoms with Crippen LogP contribution in [0.15, 0.2) is 60.7 Å². The molecule has 5 nitrogen and oxygen atoms in total. The summed E-state index contributed by atoms with van der Waals surface area (Å²) >= 11 is 0. The van der Waals surface area contributed by atoms with Crippen molar-refractivity contribution in [3.05, 3.63) is 71.8 Å². The zero-order valence-electron chi connectivity index (χ0n) is 13.6. The SMILES string of the molecule is CC(C(=O)O)c1ccccc1NC(=O)c1cc2ccccc2cc1O. The van der Waals surface area contributed by atoms with Gasteiger partial charge in [0.15, 0.2) is 0 Å². The van der Waals surface area contributed by atoms with Crippen LogP contribution >= 0.6 is 0 Å². The van der Waals surface area contributed by atoms with Crippen molar-refractivity contribution in [2.24, 2.45) is 0 Å². The van der Waals surface area contributed by atoms with Crippen molar-refractivity contribution in [3.8, 4) is 5.75 Å². The van der Waals surface area contributed by atoms with Crippen LogP contribution in [0.1, 0.15) is 28.8 Å². The van der Waals surface area contributed by atoms with E-state index in [1.807, 2.05) is 24.3 Å². The van der Waals surface area contributed by atoms with Gasteiger partial charge in [0.05, 0.1) is 11.5 Å². The van der Waals surface area contributed by atoms with Crippen LogP contribution in [0.25, 0.3) is 10.8 Å². The van der Waals surface area contributed by atoms with Gasteiger partial charge in [-0.15, -0.1) is 0 Å². The van der Waals surface area contributed by atoms with E-state index in [1.54, 1.807) is 37.3 Å². The van der Waals surface area contributed by atoms with Gasteiger partial charge in [-0.25, -0.2) is 0 Å². The van der Waals surface area contributed by atoms with Crippen LogP contribution in [0, 0.1) is 0 Å². The Bertz CT molecular complexity index is 965. The maximum atomic E-state index is 12.6. The summed E-state index contributed by atoms with van der Waals surface area (Å²) in [7, 11) is 0. The van der Waals surface area contributed by atoms with Gasteiger partial charge in [-0.1, -0.05) is 42.5 Å². The maximum absolute atomic E-state index is 12.6. The van der Waals surface area contributed by atoms with E-state index in [0.29, 0.717) is 11.3 Å². The monoisotopic (exact) mass is 335 g/mol. The Morgan fingerprint density at radius 3 is 2.24 bits per heavy atom. The zero-order chi connectivity index (χ0) is 18.0. The highest BCUT2D eigenvalue weighted by Crippen LogP contribution is 2.28. The highest BCUT2D eigenvalue weighted by atomic mass is 16.4. The number of fused-ring (bicyclic) bond motifs is 1. The Morgan fingerprint density at radius 2 is 1.56 bits per heavy atom. The van der Waals surface area contributed by atoms with Crippen LogP contribution in [-0.2, 0) is 4.79 Å². The number of benzene rings is 3. The molecule has 0 spiro atoms. The summed E-state index contributed by atoms with van der Waals surface area (Å²) in [5.74, 6) is -2.36. The lowest BCUT2D eigenvalue weighted by atomic mass is 9.99. The molecule has 126 valence electrons. The third-order valence-corrected chi connectivity index (χ3v) is 4.15. The number of amides is 1. The van der Waals surface area contributed by atoms with Crippen LogP contribution in [-0.4, -0.2) is 22.1 Å². The highest BCUT2D eigenvalue weighted by molar-refractivity contribution is 6.09. The van der Waals surface area contributed by atoms with Gasteiger partial charge < -0.3 is 15.5 Å². The quantitative estimate of drug-likeness (QED) is 0.673. The number of carbonyl (C=O) groups is 2. The number of hydrogen-bond donors (Lipinski definition) is 3. The van der Waals surface area contributed by atoms with Gasteiger partial charge in [-0.3, -0.25) is 9.59 Å². The molecular weight excluding hydrogens is 318 g/mol. The van der Waals surface area contributed by atoms with Crippen molar-refractivity contribution < 1.29 is 19.8 Å². The molecule has 0 saturated heterocycles. The number of anilines is 1. The van der Waals surface area contributed by atoms with Gasteiger partial charge in [0.2, 0.25) is 0 Å². The summed E-state index contributed by atoms with van der Waals surface area (Å²) in [5, 5.41) is 23.8. The molecule has 3 N–H and O–H groups in total. The molecule has 0 bridgehead atoms. The molecule has 0 aliphatic heterocycles. The largest absolute Gasteiger partial charge is 0.507 e. The molecule has 3 aromatic rings. The third-order valence-electron chi connectivity index (χ3n) is 4.15. The van der Waals surface area contributed by atoms with Crippen molar-refractivity contribution in [1.82, 2.24) is 0 Å². The van der Waals surface area contributed by atoms with Crippen LogP contribution < -0.4 is 5.32 Å². The maximum Gasteiger partial charge on any atom is 0.310 e. The highest BCUT2D eigenvalue weighted by Gasteiger charge is 2.19. The number of carboxylic acids is 1. The van der Waals surface area contributed by atoms with E-state index in [2.05, 4.69) is 5.32 Å². The summed E-state index contributed by atoms with van der Waals surface area (Å²) in [6.45, 7) is 1.56. The Morgan fingerprint density at radius 1 is 0.960 bits per heavy atom. The third kappa shape index (κ3) is 3.30. The molecular formula is C20H17NO4. The average molecular weight is 335 g/mol. The predicted molar refractivity (Wildman–Crippen MR) is 96.1 cm³/mol.